The second-order valence-corrected chi connectivity index (χ2v) is 13.0. The zero-order chi connectivity index (χ0) is 34.1. The van der Waals surface area contributed by atoms with E-state index >= 15 is 0 Å². The van der Waals surface area contributed by atoms with E-state index in [1.54, 1.807) is 11.1 Å². The molecule has 14 nitrogen and oxygen atoms in total. The van der Waals surface area contributed by atoms with Gasteiger partial charge in [-0.1, -0.05) is 31.4 Å². The summed E-state index contributed by atoms with van der Waals surface area (Å²) in [6.07, 6.45) is 12.4. The van der Waals surface area contributed by atoms with Crippen molar-refractivity contribution < 1.29 is 14.7 Å². The van der Waals surface area contributed by atoms with Gasteiger partial charge in [0.05, 0.1) is 17.8 Å². The van der Waals surface area contributed by atoms with Crippen LogP contribution in [0, 0.1) is 0 Å². The zero-order valence-corrected chi connectivity index (χ0v) is 28.4. The summed E-state index contributed by atoms with van der Waals surface area (Å²) in [7, 11) is 2.17. The van der Waals surface area contributed by atoms with E-state index in [0.29, 0.717) is 43.7 Å². The predicted octanol–water partition coefficient (Wildman–Crippen LogP) is 2.66. The van der Waals surface area contributed by atoms with Crippen LogP contribution in [-0.4, -0.2) is 120 Å². The standard InChI is InChI=1S/C34H55N11O3/c1-44(20-8-18-38-25-9-3-2-4-10-25)19-7-17-37-23-27(43-36)24-39-34-41-30-12-6-5-11-28(30)32(42-34)40-26-15-21-45(22-16-26)31(46)14-13-29(35)33(47)48/h5-6,11-12,23,25-26,29,38H,2-4,7-10,13-22,24,35-36H2,1H3,(H,47,48)(H2,39,40,41,42). The number of piperidine rings is 1. The summed E-state index contributed by atoms with van der Waals surface area (Å²) in [5, 5.41) is 24.3. The first kappa shape index (κ1) is 36.9. The van der Waals surface area contributed by atoms with E-state index in [4.69, 9.17) is 21.7 Å². The van der Waals surface area contributed by atoms with E-state index in [1.165, 1.54) is 32.1 Å². The summed E-state index contributed by atoms with van der Waals surface area (Å²) in [6.45, 7) is 5.35. The Morgan fingerprint density at radius 3 is 2.58 bits per heavy atom. The van der Waals surface area contributed by atoms with Crippen LogP contribution >= 0.6 is 0 Å². The first-order chi connectivity index (χ1) is 23.3. The molecule has 2 aromatic rings. The number of carboxylic acids is 1. The van der Waals surface area contributed by atoms with Gasteiger partial charge in [-0.25, -0.2) is 4.98 Å². The van der Waals surface area contributed by atoms with Gasteiger partial charge in [-0.15, -0.1) is 0 Å². The molecule has 0 spiro atoms. The average molecular weight is 666 g/mol. The van der Waals surface area contributed by atoms with Crippen molar-refractivity contribution in [1.29, 1.82) is 0 Å². The van der Waals surface area contributed by atoms with Crippen LogP contribution in [0.5, 0.6) is 0 Å². The number of hydrazone groups is 1. The topological polar surface area (TPSA) is 199 Å². The maximum Gasteiger partial charge on any atom is 0.320 e. The number of fused-ring (bicyclic) bond motifs is 1. The minimum absolute atomic E-state index is 0.0645. The Morgan fingerprint density at radius 2 is 1.83 bits per heavy atom. The quantitative estimate of drug-likeness (QED) is 0.0558. The van der Waals surface area contributed by atoms with Crippen molar-refractivity contribution in [2.75, 3.05) is 63.5 Å². The molecule has 8 N–H and O–H groups in total. The van der Waals surface area contributed by atoms with Crippen molar-refractivity contribution in [3.05, 3.63) is 24.3 Å². The maximum atomic E-state index is 12.6. The van der Waals surface area contributed by atoms with Gasteiger partial charge in [0.2, 0.25) is 11.9 Å². The Labute approximate surface area is 284 Å². The van der Waals surface area contributed by atoms with Gasteiger partial charge in [0.15, 0.2) is 0 Å². The predicted molar refractivity (Wildman–Crippen MR) is 193 cm³/mol. The molecule has 264 valence electrons. The lowest BCUT2D eigenvalue weighted by Gasteiger charge is -2.33. The molecular weight excluding hydrogens is 610 g/mol. The minimum atomic E-state index is -1.09. The van der Waals surface area contributed by atoms with Crippen molar-refractivity contribution in [3.63, 3.8) is 0 Å². The third kappa shape index (κ3) is 12.3. The number of carbonyl (C=O) groups excluding carboxylic acids is 1. The van der Waals surface area contributed by atoms with Crippen molar-refractivity contribution in [3.8, 4) is 0 Å². The number of para-hydroxylation sites is 1. The number of rotatable bonds is 19. The fourth-order valence-electron chi connectivity index (χ4n) is 6.26. The summed E-state index contributed by atoms with van der Waals surface area (Å²) in [6, 6.07) is 7.64. The van der Waals surface area contributed by atoms with Gasteiger partial charge in [0.1, 0.15) is 11.9 Å². The molecule has 1 unspecified atom stereocenters. The zero-order valence-electron chi connectivity index (χ0n) is 28.4. The molecule has 1 aromatic carbocycles. The summed E-state index contributed by atoms with van der Waals surface area (Å²) in [5.74, 6) is 5.69. The molecule has 48 heavy (non-hydrogen) atoms. The number of likely N-dealkylation sites (tertiary alicyclic amines) is 1. The van der Waals surface area contributed by atoms with Crippen LogP contribution in [0.4, 0.5) is 11.8 Å². The molecule has 1 atom stereocenters. The van der Waals surface area contributed by atoms with E-state index < -0.39 is 12.0 Å². The van der Waals surface area contributed by atoms with Crippen LogP contribution in [-0.2, 0) is 9.59 Å². The first-order valence-corrected chi connectivity index (χ1v) is 17.5. The molecule has 2 fully saturated rings. The fraction of sp³-hybridized carbons (Fsp3) is 0.647. The number of nitrogens with one attached hydrogen (secondary N) is 3. The van der Waals surface area contributed by atoms with Crippen molar-refractivity contribution >= 4 is 46.5 Å². The number of carboxylic acid groups (broad SMARTS) is 1. The highest BCUT2D eigenvalue weighted by Crippen LogP contribution is 2.25. The normalized spacial score (nSPS) is 17.3. The number of carbonyl (C=O) groups is 2. The van der Waals surface area contributed by atoms with Crippen molar-refractivity contribution in [1.82, 2.24) is 25.1 Å². The molecule has 14 heteroatoms. The number of anilines is 2. The second kappa shape index (κ2) is 19.8. The molecule has 1 aliphatic heterocycles. The van der Waals surface area contributed by atoms with Gasteiger partial charge in [-0.05, 0) is 83.8 Å². The van der Waals surface area contributed by atoms with Crippen LogP contribution in [0.2, 0.25) is 0 Å². The number of aliphatic imine (C=N–C) groups is 1. The largest absolute Gasteiger partial charge is 0.480 e. The van der Waals surface area contributed by atoms with Gasteiger partial charge in [-0.3, -0.25) is 14.6 Å². The number of benzene rings is 1. The molecule has 0 radical (unpaired) electrons. The van der Waals surface area contributed by atoms with E-state index in [-0.39, 0.29) is 24.8 Å². The van der Waals surface area contributed by atoms with Crippen LogP contribution < -0.4 is 27.5 Å². The molecule has 1 aliphatic carbocycles. The van der Waals surface area contributed by atoms with E-state index in [1.807, 2.05) is 24.3 Å². The molecule has 1 amide bonds. The SMILES string of the molecule is CN(CCCN=CC(CNc1nc(NC2CCN(C(=O)CCC(N)C(=O)O)CC2)c2ccccc2n1)=NN)CCCNC1CCCCC1. The Hall–Kier alpha value is -3.88. The van der Waals surface area contributed by atoms with Crippen LogP contribution in [0.15, 0.2) is 34.4 Å². The Morgan fingerprint density at radius 1 is 1.08 bits per heavy atom. The number of hydrogen-bond acceptors (Lipinski definition) is 12. The van der Waals surface area contributed by atoms with Crippen molar-refractivity contribution in [2.24, 2.45) is 21.7 Å². The molecule has 1 saturated heterocycles. The lowest BCUT2D eigenvalue weighted by molar-refractivity contribution is -0.139. The molecule has 2 heterocycles. The molecule has 1 saturated carbocycles. The number of amides is 1. The van der Waals surface area contributed by atoms with Gasteiger partial charge >= 0.3 is 5.97 Å². The molecule has 2 aliphatic rings. The first-order valence-electron chi connectivity index (χ1n) is 17.5. The third-order valence-corrected chi connectivity index (χ3v) is 9.19. The van der Waals surface area contributed by atoms with E-state index in [9.17, 15) is 9.59 Å². The Bertz CT molecular complexity index is 1360. The van der Waals surface area contributed by atoms with Crippen LogP contribution in [0.1, 0.15) is 70.6 Å². The van der Waals surface area contributed by atoms with Crippen LogP contribution in [0.25, 0.3) is 10.9 Å². The number of aromatic nitrogens is 2. The van der Waals surface area contributed by atoms with Gasteiger partial charge < -0.3 is 42.4 Å². The highest BCUT2D eigenvalue weighted by atomic mass is 16.4. The fourth-order valence-corrected chi connectivity index (χ4v) is 6.26. The number of nitrogens with zero attached hydrogens (tertiary/aromatic N) is 6. The summed E-state index contributed by atoms with van der Waals surface area (Å²) >= 11 is 0. The highest BCUT2D eigenvalue weighted by molar-refractivity contribution is 6.32. The monoisotopic (exact) mass is 665 g/mol. The highest BCUT2D eigenvalue weighted by Gasteiger charge is 2.25. The van der Waals surface area contributed by atoms with Gasteiger partial charge in [-0.2, -0.15) is 10.1 Å². The second-order valence-electron chi connectivity index (χ2n) is 13.0. The van der Waals surface area contributed by atoms with Gasteiger partial charge in [0.25, 0.3) is 0 Å². The minimum Gasteiger partial charge on any atom is -0.480 e. The van der Waals surface area contributed by atoms with E-state index in [2.05, 4.69) is 43.0 Å². The molecule has 0 bridgehead atoms. The average Bonchev–Trinajstić information content (AvgIpc) is 3.10. The molecular formula is C34H55N11O3. The number of nitrogens with two attached hydrogens (primary N) is 2. The molecule has 1 aromatic heterocycles. The summed E-state index contributed by atoms with van der Waals surface area (Å²) in [5.41, 5.74) is 6.96. The smallest absolute Gasteiger partial charge is 0.320 e. The van der Waals surface area contributed by atoms with Gasteiger partial charge in [0, 0.05) is 49.7 Å². The molecule has 4 rings (SSSR count). The number of aliphatic carboxylic acids is 1. The Kier molecular flexibility index (Phi) is 15.3. The lowest BCUT2D eigenvalue weighted by atomic mass is 9.95. The van der Waals surface area contributed by atoms with E-state index in [0.717, 1.165) is 62.3 Å². The van der Waals surface area contributed by atoms with Crippen molar-refractivity contribution in [2.45, 2.75) is 88.8 Å². The maximum absolute atomic E-state index is 12.6. The summed E-state index contributed by atoms with van der Waals surface area (Å²) < 4.78 is 0. The third-order valence-electron chi connectivity index (χ3n) is 9.19. The lowest BCUT2D eigenvalue weighted by Crippen LogP contribution is -2.43. The number of hydrogen-bond donors (Lipinski definition) is 6. The Balaban J connectivity index is 1.19. The van der Waals surface area contributed by atoms with Crippen LogP contribution in [0.3, 0.4) is 0 Å². The summed E-state index contributed by atoms with van der Waals surface area (Å²) in [4.78, 5) is 41.7.